The van der Waals surface area contributed by atoms with Crippen LogP contribution in [0.3, 0.4) is 0 Å². The lowest BCUT2D eigenvalue weighted by atomic mass is 9.86. The molecule has 6 heteroatoms. The number of ether oxygens (including phenoxy) is 1. The maximum absolute atomic E-state index is 10.6. The summed E-state index contributed by atoms with van der Waals surface area (Å²) in [7, 11) is 1.49. The minimum absolute atomic E-state index is 0.00516. The molecule has 1 aromatic heterocycles. The Labute approximate surface area is 142 Å². The summed E-state index contributed by atoms with van der Waals surface area (Å²) in [4.78, 5) is 4.40. The van der Waals surface area contributed by atoms with Crippen LogP contribution < -0.4 is 10.5 Å². The fourth-order valence-electron chi connectivity index (χ4n) is 3.09. The molecule has 0 saturated heterocycles. The van der Waals surface area contributed by atoms with Gasteiger partial charge in [-0.3, -0.25) is 0 Å². The maximum Gasteiger partial charge on any atom is 0.165 e. The van der Waals surface area contributed by atoms with E-state index >= 15 is 0 Å². The lowest BCUT2D eigenvalue weighted by molar-refractivity contribution is 0.374. The maximum atomic E-state index is 10.6. The van der Waals surface area contributed by atoms with Gasteiger partial charge in [-0.05, 0) is 43.4 Å². The molecule has 5 nitrogen and oxygen atoms in total. The van der Waals surface area contributed by atoms with Crippen LogP contribution in [-0.4, -0.2) is 17.2 Å². The molecule has 0 radical (unpaired) electrons. The minimum atomic E-state index is 0.00516. The SMILES string of the molecule is COc1cc(Br)cc(-c2c(C#N)c(N)nc3c2CCCC3)c1O. The van der Waals surface area contributed by atoms with Gasteiger partial charge in [-0.1, -0.05) is 15.9 Å². The number of benzene rings is 1. The molecule has 1 aliphatic carbocycles. The normalized spacial score (nSPS) is 13.3. The Balaban J connectivity index is 2.38. The molecule has 0 unspecified atom stereocenters. The Morgan fingerprint density at radius 2 is 2.09 bits per heavy atom. The first-order chi connectivity index (χ1) is 11.1. The molecule has 1 heterocycles. The zero-order valence-corrected chi connectivity index (χ0v) is 14.3. The van der Waals surface area contributed by atoms with E-state index in [1.807, 2.05) is 0 Å². The average Bonchev–Trinajstić information content (AvgIpc) is 2.55. The summed E-state index contributed by atoms with van der Waals surface area (Å²) in [6.07, 6.45) is 3.74. The molecule has 0 fully saturated rings. The van der Waals surface area contributed by atoms with Gasteiger partial charge in [0.15, 0.2) is 11.5 Å². The highest BCUT2D eigenvalue weighted by Gasteiger charge is 2.25. The summed E-state index contributed by atoms with van der Waals surface area (Å²) in [6.45, 7) is 0. The Morgan fingerprint density at radius 3 is 2.78 bits per heavy atom. The number of rotatable bonds is 2. The number of anilines is 1. The molecule has 1 aliphatic rings. The second-order valence-corrected chi connectivity index (χ2v) is 6.41. The van der Waals surface area contributed by atoms with Gasteiger partial charge in [-0.2, -0.15) is 5.26 Å². The first kappa shape index (κ1) is 15.6. The van der Waals surface area contributed by atoms with E-state index in [4.69, 9.17) is 10.5 Å². The quantitative estimate of drug-likeness (QED) is 0.839. The first-order valence-electron chi connectivity index (χ1n) is 7.35. The number of hydrogen-bond donors (Lipinski definition) is 2. The fourth-order valence-corrected chi connectivity index (χ4v) is 3.53. The molecule has 0 amide bonds. The van der Waals surface area contributed by atoms with Crippen LogP contribution in [0.25, 0.3) is 11.1 Å². The van der Waals surface area contributed by atoms with Crippen molar-refractivity contribution in [2.75, 3.05) is 12.8 Å². The summed E-state index contributed by atoms with van der Waals surface area (Å²) in [5.74, 6) is 0.560. The van der Waals surface area contributed by atoms with Crippen LogP contribution in [0.5, 0.6) is 11.5 Å². The van der Waals surface area contributed by atoms with Crippen molar-refractivity contribution in [2.45, 2.75) is 25.7 Å². The predicted octanol–water partition coefficient (Wildman–Crippen LogP) is 3.56. The highest BCUT2D eigenvalue weighted by molar-refractivity contribution is 9.10. The molecule has 0 saturated carbocycles. The molecule has 3 rings (SSSR count). The number of methoxy groups -OCH3 is 1. The van der Waals surface area contributed by atoms with Crippen LogP contribution in [-0.2, 0) is 12.8 Å². The van der Waals surface area contributed by atoms with Crippen molar-refractivity contribution in [3.63, 3.8) is 0 Å². The average molecular weight is 374 g/mol. The van der Waals surface area contributed by atoms with E-state index < -0.39 is 0 Å². The number of phenolic OH excluding ortho intramolecular Hbond substituents is 1. The number of aromatic nitrogens is 1. The van der Waals surface area contributed by atoms with Crippen molar-refractivity contribution in [1.29, 1.82) is 5.26 Å². The van der Waals surface area contributed by atoms with Crippen LogP contribution in [0.1, 0.15) is 29.7 Å². The van der Waals surface area contributed by atoms with E-state index in [-0.39, 0.29) is 11.6 Å². The second-order valence-electron chi connectivity index (χ2n) is 5.50. The van der Waals surface area contributed by atoms with Crippen molar-refractivity contribution in [1.82, 2.24) is 4.98 Å². The Bertz CT molecular complexity index is 828. The second kappa shape index (κ2) is 6.09. The first-order valence-corrected chi connectivity index (χ1v) is 8.14. The summed E-state index contributed by atoms with van der Waals surface area (Å²) >= 11 is 3.43. The van der Waals surface area contributed by atoms with Crippen LogP contribution >= 0.6 is 15.9 Å². The van der Waals surface area contributed by atoms with Crippen molar-refractivity contribution in [2.24, 2.45) is 0 Å². The Kier molecular flexibility index (Phi) is 4.14. The summed E-state index contributed by atoms with van der Waals surface area (Å²) < 4.78 is 5.98. The number of nitrogens with zero attached hydrogens (tertiary/aromatic N) is 2. The van der Waals surface area contributed by atoms with Crippen molar-refractivity contribution in [3.8, 4) is 28.7 Å². The number of halogens is 1. The van der Waals surface area contributed by atoms with E-state index in [0.29, 0.717) is 22.4 Å². The molecular formula is C17H16BrN3O2. The lowest BCUT2D eigenvalue weighted by Gasteiger charge is -2.22. The van der Waals surface area contributed by atoms with E-state index in [9.17, 15) is 10.4 Å². The zero-order chi connectivity index (χ0) is 16.6. The number of nitrogen functional groups attached to an aromatic ring is 1. The Hall–Kier alpha value is -2.26. The molecule has 23 heavy (non-hydrogen) atoms. The predicted molar refractivity (Wildman–Crippen MR) is 91.4 cm³/mol. The highest BCUT2D eigenvalue weighted by Crippen LogP contribution is 2.44. The number of fused-ring (bicyclic) bond motifs is 1. The van der Waals surface area contributed by atoms with Gasteiger partial charge < -0.3 is 15.6 Å². The van der Waals surface area contributed by atoms with Crippen LogP contribution in [0, 0.1) is 11.3 Å². The largest absolute Gasteiger partial charge is 0.504 e. The van der Waals surface area contributed by atoms with E-state index in [1.54, 1.807) is 12.1 Å². The number of phenols is 1. The molecular weight excluding hydrogens is 358 g/mol. The van der Waals surface area contributed by atoms with E-state index in [0.717, 1.165) is 41.4 Å². The van der Waals surface area contributed by atoms with Crippen LogP contribution in [0.4, 0.5) is 5.82 Å². The lowest BCUT2D eigenvalue weighted by Crippen LogP contribution is -2.12. The number of nitrogens with two attached hydrogens (primary N) is 1. The molecule has 0 bridgehead atoms. The molecule has 3 N–H and O–H groups in total. The van der Waals surface area contributed by atoms with Crippen molar-refractivity contribution < 1.29 is 9.84 Å². The molecule has 118 valence electrons. The van der Waals surface area contributed by atoms with Gasteiger partial charge in [0.05, 0.1) is 7.11 Å². The zero-order valence-electron chi connectivity index (χ0n) is 12.7. The summed E-state index contributed by atoms with van der Waals surface area (Å²) in [5.41, 5.74) is 9.43. The number of hydrogen-bond acceptors (Lipinski definition) is 5. The van der Waals surface area contributed by atoms with Crippen molar-refractivity contribution >= 4 is 21.7 Å². The number of aryl methyl sites for hydroxylation is 1. The molecule has 2 aromatic rings. The highest BCUT2D eigenvalue weighted by atomic mass is 79.9. The Morgan fingerprint density at radius 1 is 1.35 bits per heavy atom. The number of aromatic hydroxyl groups is 1. The fraction of sp³-hybridized carbons (Fsp3) is 0.294. The topological polar surface area (TPSA) is 92.2 Å². The third-order valence-corrected chi connectivity index (χ3v) is 4.60. The van der Waals surface area contributed by atoms with Crippen LogP contribution in [0.2, 0.25) is 0 Å². The van der Waals surface area contributed by atoms with E-state index in [2.05, 4.69) is 27.0 Å². The van der Waals surface area contributed by atoms with Gasteiger partial charge in [0.1, 0.15) is 17.5 Å². The third-order valence-electron chi connectivity index (χ3n) is 4.14. The van der Waals surface area contributed by atoms with E-state index in [1.165, 1.54) is 7.11 Å². The van der Waals surface area contributed by atoms with Crippen LogP contribution in [0.15, 0.2) is 16.6 Å². The van der Waals surface area contributed by atoms with Gasteiger partial charge in [0.25, 0.3) is 0 Å². The summed E-state index contributed by atoms with van der Waals surface area (Å²) in [6, 6.07) is 5.60. The van der Waals surface area contributed by atoms with Gasteiger partial charge in [-0.15, -0.1) is 0 Å². The standard InChI is InChI=1S/C17H16BrN3O2/c1-23-14-7-9(18)6-11(16(14)22)15-10-4-2-3-5-13(10)21-17(20)12(15)8-19/h6-7,22H,2-5H2,1H3,(H2,20,21). The van der Waals surface area contributed by atoms with Gasteiger partial charge in [-0.25, -0.2) is 4.98 Å². The molecule has 0 spiro atoms. The molecule has 0 atom stereocenters. The van der Waals surface area contributed by atoms with Gasteiger partial charge in [0, 0.05) is 21.3 Å². The third kappa shape index (κ3) is 2.62. The summed E-state index contributed by atoms with van der Waals surface area (Å²) in [5, 5.41) is 20.1. The minimum Gasteiger partial charge on any atom is -0.504 e. The van der Waals surface area contributed by atoms with Gasteiger partial charge >= 0.3 is 0 Å². The monoisotopic (exact) mass is 373 g/mol. The van der Waals surface area contributed by atoms with Gasteiger partial charge in [0.2, 0.25) is 0 Å². The number of pyridine rings is 1. The smallest absolute Gasteiger partial charge is 0.165 e. The molecule has 0 aliphatic heterocycles. The molecule has 1 aromatic carbocycles. The van der Waals surface area contributed by atoms with Crippen molar-refractivity contribution in [3.05, 3.63) is 33.4 Å². The number of nitriles is 1.